The van der Waals surface area contributed by atoms with Crippen molar-refractivity contribution in [3.05, 3.63) is 41.1 Å². The molecule has 2 unspecified atom stereocenters. The molecular formula is C39H57N3O2. The highest BCUT2D eigenvalue weighted by Gasteiger charge is 2.30. The van der Waals surface area contributed by atoms with Crippen LogP contribution >= 0.6 is 0 Å². The first-order valence-corrected chi connectivity index (χ1v) is 18.2. The molecule has 44 heavy (non-hydrogen) atoms. The number of H-pyrrole nitrogens is 1. The number of likely N-dealkylation sites (tertiary alicyclic amines) is 1. The molecule has 2 aromatic carbocycles. The van der Waals surface area contributed by atoms with Crippen molar-refractivity contribution in [2.24, 2.45) is 11.8 Å². The number of aromatic nitrogens is 1. The number of hydrogen-bond acceptors (Lipinski definition) is 4. The Morgan fingerprint density at radius 3 is 1.98 bits per heavy atom. The fourth-order valence-electron chi connectivity index (χ4n) is 7.69. The summed E-state index contributed by atoms with van der Waals surface area (Å²) in [6.07, 6.45) is 16.0. The second-order valence-corrected chi connectivity index (χ2v) is 13.9. The molecule has 2 saturated heterocycles. The van der Waals surface area contributed by atoms with Crippen LogP contribution in [0.3, 0.4) is 0 Å². The van der Waals surface area contributed by atoms with E-state index in [0.717, 1.165) is 57.3 Å². The number of hydrogen-bond donors (Lipinski definition) is 1. The van der Waals surface area contributed by atoms with E-state index in [0.29, 0.717) is 11.8 Å². The zero-order chi connectivity index (χ0) is 30.5. The number of nitrogens with one attached hydrogen (secondary N) is 1. The van der Waals surface area contributed by atoms with E-state index < -0.39 is 0 Å². The Hall–Kier alpha value is -2.82. The summed E-state index contributed by atoms with van der Waals surface area (Å²) < 4.78 is 13.6. The molecule has 0 spiro atoms. The molecule has 3 heterocycles. The van der Waals surface area contributed by atoms with Crippen LogP contribution in [-0.2, 0) is 11.2 Å². The van der Waals surface area contributed by atoms with E-state index in [1.54, 1.807) is 0 Å². The largest absolute Gasteiger partial charge is 0.491 e. The third-order valence-electron chi connectivity index (χ3n) is 10.7. The van der Waals surface area contributed by atoms with Gasteiger partial charge in [-0.2, -0.15) is 0 Å². The Balaban J connectivity index is 1.35. The Bertz CT molecular complexity index is 1430. The molecule has 2 aliphatic heterocycles. The van der Waals surface area contributed by atoms with E-state index in [1.807, 2.05) is 0 Å². The highest BCUT2D eigenvalue weighted by Crippen LogP contribution is 2.43. The van der Waals surface area contributed by atoms with E-state index in [1.165, 1.54) is 121 Å². The van der Waals surface area contributed by atoms with Crippen molar-refractivity contribution in [3.63, 3.8) is 0 Å². The Labute approximate surface area is 266 Å². The van der Waals surface area contributed by atoms with Gasteiger partial charge in [-0.25, -0.2) is 0 Å². The standard InChI is InChI=1S/C39H57N3O2/c1-5-9-15-28(7-3)26-43-37-33-22-31-24-35-34(23-30(31)21-32(33)25-36(37)41-17-11-12-18-41)38(39(40-35)42-19-13-14-20-42)44-27-29(8-4)16-10-6-2/h21-24,28-29,40H,5-20,25-27H2,1-4H3. The molecule has 5 nitrogen and oxygen atoms in total. The number of allylic oxidation sites excluding steroid dienone is 1. The average molecular weight is 600 g/mol. The van der Waals surface area contributed by atoms with Crippen LogP contribution in [0.1, 0.15) is 116 Å². The topological polar surface area (TPSA) is 40.7 Å². The van der Waals surface area contributed by atoms with Gasteiger partial charge in [0, 0.05) is 43.5 Å². The van der Waals surface area contributed by atoms with Gasteiger partial charge in [0.2, 0.25) is 0 Å². The molecule has 3 aromatic rings. The molecule has 240 valence electrons. The van der Waals surface area contributed by atoms with Gasteiger partial charge in [0.15, 0.2) is 5.75 Å². The summed E-state index contributed by atoms with van der Waals surface area (Å²) in [6.45, 7) is 15.3. The predicted molar refractivity (Wildman–Crippen MR) is 187 cm³/mol. The summed E-state index contributed by atoms with van der Waals surface area (Å²) >= 11 is 0. The highest BCUT2D eigenvalue weighted by molar-refractivity contribution is 6.04. The van der Waals surface area contributed by atoms with Crippen LogP contribution in [-0.4, -0.2) is 49.3 Å². The SMILES string of the molecule is CCCCC(CC)COC1=C(N2CCCC2)Cc2cc3cc4c(OCC(CC)CCCC)c(N5CCCC5)[nH]c4cc3cc21. The minimum Gasteiger partial charge on any atom is -0.491 e. The van der Waals surface area contributed by atoms with E-state index in [4.69, 9.17) is 9.47 Å². The van der Waals surface area contributed by atoms with Crippen molar-refractivity contribution in [1.82, 2.24) is 9.88 Å². The Kier molecular flexibility index (Phi) is 10.3. The van der Waals surface area contributed by atoms with Crippen molar-refractivity contribution in [2.45, 2.75) is 111 Å². The van der Waals surface area contributed by atoms with Gasteiger partial charge in [0.05, 0.1) is 24.4 Å². The van der Waals surface area contributed by atoms with Crippen LogP contribution in [0.25, 0.3) is 27.4 Å². The number of rotatable bonds is 16. The van der Waals surface area contributed by atoms with Crippen molar-refractivity contribution in [1.29, 1.82) is 0 Å². The van der Waals surface area contributed by atoms with Crippen LogP contribution in [0.15, 0.2) is 30.0 Å². The zero-order valence-corrected chi connectivity index (χ0v) is 28.1. The lowest BCUT2D eigenvalue weighted by molar-refractivity contribution is 0.198. The van der Waals surface area contributed by atoms with Crippen LogP contribution in [0.2, 0.25) is 0 Å². The van der Waals surface area contributed by atoms with Gasteiger partial charge in [-0.1, -0.05) is 72.3 Å². The smallest absolute Gasteiger partial charge is 0.169 e. The number of nitrogens with zero attached hydrogens (tertiary/aromatic N) is 2. The van der Waals surface area contributed by atoms with Gasteiger partial charge in [0.1, 0.15) is 11.6 Å². The Morgan fingerprint density at radius 2 is 1.34 bits per heavy atom. The lowest BCUT2D eigenvalue weighted by atomic mass is 9.99. The van der Waals surface area contributed by atoms with E-state index >= 15 is 0 Å². The summed E-state index contributed by atoms with van der Waals surface area (Å²) in [6, 6.07) is 9.64. The molecule has 1 N–H and O–H groups in total. The van der Waals surface area contributed by atoms with Crippen molar-refractivity contribution in [3.8, 4) is 5.75 Å². The fraction of sp³-hybridized carbons (Fsp3) is 0.641. The van der Waals surface area contributed by atoms with Crippen molar-refractivity contribution < 1.29 is 9.47 Å². The summed E-state index contributed by atoms with van der Waals surface area (Å²) in [5, 5.41) is 3.82. The number of fused-ring (bicyclic) bond motifs is 3. The molecular weight excluding hydrogens is 542 g/mol. The maximum absolute atomic E-state index is 6.83. The first-order valence-electron chi connectivity index (χ1n) is 18.2. The van der Waals surface area contributed by atoms with Gasteiger partial charge in [-0.15, -0.1) is 0 Å². The van der Waals surface area contributed by atoms with Gasteiger partial charge >= 0.3 is 0 Å². The summed E-state index contributed by atoms with van der Waals surface area (Å²) in [5.74, 6) is 4.64. The molecule has 1 aliphatic carbocycles. The number of anilines is 1. The molecule has 5 heteroatoms. The summed E-state index contributed by atoms with van der Waals surface area (Å²) in [4.78, 5) is 8.94. The molecule has 0 amide bonds. The minimum atomic E-state index is 0.609. The first kappa shape index (κ1) is 31.2. The first-order chi connectivity index (χ1) is 21.6. The molecule has 3 aliphatic rings. The normalized spacial score (nSPS) is 18.2. The number of aromatic amines is 1. The molecule has 0 radical (unpaired) electrons. The third kappa shape index (κ3) is 6.58. The number of benzene rings is 2. The number of unbranched alkanes of at least 4 members (excludes halogenated alkanes) is 2. The van der Waals surface area contributed by atoms with Gasteiger partial charge in [0.25, 0.3) is 0 Å². The van der Waals surface area contributed by atoms with E-state index in [-0.39, 0.29) is 0 Å². The second-order valence-electron chi connectivity index (χ2n) is 13.9. The van der Waals surface area contributed by atoms with E-state index in [9.17, 15) is 0 Å². The van der Waals surface area contributed by atoms with Crippen LogP contribution in [0, 0.1) is 11.8 Å². The lowest BCUT2D eigenvalue weighted by Gasteiger charge is -2.23. The molecule has 2 atom stereocenters. The highest BCUT2D eigenvalue weighted by atomic mass is 16.5. The quantitative estimate of drug-likeness (QED) is 0.178. The maximum Gasteiger partial charge on any atom is 0.169 e. The summed E-state index contributed by atoms with van der Waals surface area (Å²) in [5.41, 5.74) is 5.33. The molecule has 2 fully saturated rings. The van der Waals surface area contributed by atoms with E-state index in [2.05, 4.69) is 66.7 Å². The van der Waals surface area contributed by atoms with Crippen molar-refractivity contribution in [2.75, 3.05) is 44.3 Å². The Morgan fingerprint density at radius 1 is 0.727 bits per heavy atom. The maximum atomic E-state index is 6.83. The molecule has 1 aromatic heterocycles. The van der Waals surface area contributed by atoms with Crippen molar-refractivity contribution >= 4 is 33.3 Å². The third-order valence-corrected chi connectivity index (χ3v) is 10.7. The van der Waals surface area contributed by atoms with Gasteiger partial charge < -0.3 is 24.3 Å². The van der Waals surface area contributed by atoms with Gasteiger partial charge in [-0.05, 0) is 84.9 Å². The number of ether oxygens (including phenoxy) is 2. The average Bonchev–Trinajstić information content (AvgIpc) is 3.86. The lowest BCUT2D eigenvalue weighted by Crippen LogP contribution is -2.20. The molecule has 0 saturated carbocycles. The second kappa shape index (κ2) is 14.5. The molecule has 6 rings (SSSR count). The van der Waals surface area contributed by atoms with Crippen LogP contribution in [0.4, 0.5) is 5.82 Å². The minimum absolute atomic E-state index is 0.609. The summed E-state index contributed by atoms with van der Waals surface area (Å²) in [7, 11) is 0. The van der Waals surface area contributed by atoms with Crippen LogP contribution < -0.4 is 9.64 Å². The molecule has 0 bridgehead atoms. The fourth-order valence-corrected chi connectivity index (χ4v) is 7.69. The zero-order valence-electron chi connectivity index (χ0n) is 28.1. The van der Waals surface area contributed by atoms with Crippen LogP contribution in [0.5, 0.6) is 5.75 Å². The van der Waals surface area contributed by atoms with Gasteiger partial charge in [-0.3, -0.25) is 0 Å². The monoisotopic (exact) mass is 599 g/mol. The predicted octanol–water partition coefficient (Wildman–Crippen LogP) is 10.1.